The summed E-state index contributed by atoms with van der Waals surface area (Å²) in [6.45, 7) is 3.00. The van der Waals surface area contributed by atoms with E-state index in [4.69, 9.17) is 4.74 Å². The van der Waals surface area contributed by atoms with E-state index in [0.717, 1.165) is 31.6 Å². The van der Waals surface area contributed by atoms with Crippen LogP contribution in [0.25, 0.3) is 0 Å². The number of halogens is 2. The van der Waals surface area contributed by atoms with Crippen LogP contribution in [0.5, 0.6) is 0 Å². The summed E-state index contributed by atoms with van der Waals surface area (Å²) in [4.78, 5) is 20.6. The van der Waals surface area contributed by atoms with Crippen LogP contribution in [0.4, 0.5) is 20.3 Å². The molecule has 0 saturated carbocycles. The maximum atomic E-state index is 13.7. The lowest BCUT2D eigenvalue weighted by Gasteiger charge is -2.12. The smallest absolute Gasteiger partial charge is 0.274 e. The highest BCUT2D eigenvalue weighted by Crippen LogP contribution is 2.17. The summed E-state index contributed by atoms with van der Waals surface area (Å²) in [7, 11) is 0. The van der Waals surface area contributed by atoms with Crippen LogP contribution >= 0.6 is 0 Å². The van der Waals surface area contributed by atoms with Crippen molar-refractivity contribution in [1.29, 1.82) is 0 Å². The first-order chi connectivity index (χ1) is 12.0. The molecule has 1 aromatic heterocycles. The van der Waals surface area contributed by atoms with Crippen molar-refractivity contribution in [3.05, 3.63) is 47.4 Å². The predicted molar refractivity (Wildman–Crippen MR) is 88.5 cm³/mol. The average molecular weight is 348 g/mol. The molecule has 1 amide bonds. The van der Waals surface area contributed by atoms with Crippen molar-refractivity contribution in [2.24, 2.45) is 0 Å². The van der Waals surface area contributed by atoms with E-state index in [9.17, 15) is 13.6 Å². The maximum absolute atomic E-state index is 13.7. The molecule has 1 saturated heterocycles. The number of benzene rings is 1. The molecule has 1 aromatic carbocycles. The van der Waals surface area contributed by atoms with E-state index in [1.54, 1.807) is 6.92 Å². The molecule has 3 rings (SSSR count). The molecule has 1 atom stereocenters. The second-order valence-electron chi connectivity index (χ2n) is 5.78. The van der Waals surface area contributed by atoms with Crippen LogP contribution in [-0.4, -0.2) is 35.1 Å². The fourth-order valence-corrected chi connectivity index (χ4v) is 2.58. The molecule has 1 unspecified atom stereocenters. The summed E-state index contributed by atoms with van der Waals surface area (Å²) in [6.07, 6.45) is 2.14. The standard InChI is InChI=1S/C17H18F2N4O2/c1-10-21-15(8-16(22-10)20-9-12-3-2-6-25-12)17(24)23-14-5-4-11(18)7-13(14)19/h4-5,7-8,12H,2-3,6,9H2,1H3,(H,23,24)(H,20,21,22). The van der Waals surface area contributed by atoms with Gasteiger partial charge >= 0.3 is 0 Å². The summed E-state index contributed by atoms with van der Waals surface area (Å²) in [5.41, 5.74) is -0.0254. The number of hydrogen-bond acceptors (Lipinski definition) is 5. The van der Waals surface area contributed by atoms with Gasteiger partial charge in [0.1, 0.15) is 29.0 Å². The number of hydrogen-bond donors (Lipinski definition) is 2. The zero-order valence-electron chi connectivity index (χ0n) is 13.7. The van der Waals surface area contributed by atoms with Crippen molar-refractivity contribution in [2.45, 2.75) is 25.9 Å². The Morgan fingerprint density at radius 3 is 2.88 bits per heavy atom. The molecule has 1 aliphatic rings. The highest BCUT2D eigenvalue weighted by Gasteiger charge is 2.17. The minimum atomic E-state index is -0.851. The van der Waals surface area contributed by atoms with Crippen LogP contribution < -0.4 is 10.6 Å². The minimum Gasteiger partial charge on any atom is -0.376 e. The molecule has 25 heavy (non-hydrogen) atoms. The van der Waals surface area contributed by atoms with Crippen molar-refractivity contribution in [3.8, 4) is 0 Å². The summed E-state index contributed by atoms with van der Waals surface area (Å²) in [5, 5.41) is 5.51. The molecule has 132 valence electrons. The van der Waals surface area contributed by atoms with Crippen LogP contribution in [0.15, 0.2) is 24.3 Å². The lowest BCUT2D eigenvalue weighted by molar-refractivity contribution is 0.102. The van der Waals surface area contributed by atoms with Gasteiger partial charge in [0.25, 0.3) is 5.91 Å². The number of nitrogens with one attached hydrogen (secondary N) is 2. The quantitative estimate of drug-likeness (QED) is 0.869. The molecule has 8 heteroatoms. The van der Waals surface area contributed by atoms with Crippen molar-refractivity contribution in [3.63, 3.8) is 0 Å². The number of ether oxygens (including phenoxy) is 1. The largest absolute Gasteiger partial charge is 0.376 e. The van der Waals surface area contributed by atoms with Crippen molar-refractivity contribution < 1.29 is 18.3 Å². The van der Waals surface area contributed by atoms with E-state index in [0.29, 0.717) is 24.3 Å². The monoisotopic (exact) mass is 348 g/mol. The van der Waals surface area contributed by atoms with E-state index >= 15 is 0 Å². The Morgan fingerprint density at radius 2 is 2.16 bits per heavy atom. The number of anilines is 2. The fourth-order valence-electron chi connectivity index (χ4n) is 2.58. The van der Waals surface area contributed by atoms with E-state index < -0.39 is 17.5 Å². The van der Waals surface area contributed by atoms with Crippen LogP contribution in [-0.2, 0) is 4.74 Å². The molecule has 2 N–H and O–H groups in total. The van der Waals surface area contributed by atoms with Crippen molar-refractivity contribution >= 4 is 17.4 Å². The highest BCUT2D eigenvalue weighted by molar-refractivity contribution is 6.03. The SMILES string of the molecule is Cc1nc(NCC2CCCO2)cc(C(=O)Nc2ccc(F)cc2F)n1. The van der Waals surface area contributed by atoms with Gasteiger partial charge in [0.2, 0.25) is 0 Å². The number of aryl methyl sites for hydroxylation is 1. The Kier molecular flexibility index (Phi) is 5.18. The van der Waals surface area contributed by atoms with Crippen LogP contribution in [0.1, 0.15) is 29.2 Å². The lowest BCUT2D eigenvalue weighted by atomic mass is 10.2. The number of carbonyl (C=O) groups is 1. The topological polar surface area (TPSA) is 76.1 Å². The third kappa shape index (κ3) is 4.48. The number of rotatable bonds is 5. The second-order valence-corrected chi connectivity index (χ2v) is 5.78. The van der Waals surface area contributed by atoms with E-state index in [1.807, 2.05) is 0 Å². The number of amides is 1. The third-order valence-corrected chi connectivity index (χ3v) is 3.78. The number of aromatic nitrogens is 2. The summed E-state index contributed by atoms with van der Waals surface area (Å²) < 4.78 is 32.1. The van der Waals surface area contributed by atoms with Gasteiger partial charge in [0, 0.05) is 25.3 Å². The normalized spacial score (nSPS) is 16.7. The van der Waals surface area contributed by atoms with Crippen molar-refractivity contribution in [1.82, 2.24) is 9.97 Å². The summed E-state index contributed by atoms with van der Waals surface area (Å²) in [5.74, 6) is -1.27. The van der Waals surface area contributed by atoms with Crippen LogP contribution in [0.2, 0.25) is 0 Å². The first kappa shape index (κ1) is 17.2. The molecular weight excluding hydrogens is 330 g/mol. The molecule has 0 aliphatic carbocycles. The van der Waals surface area contributed by atoms with E-state index in [-0.39, 0.29) is 17.5 Å². The third-order valence-electron chi connectivity index (χ3n) is 3.78. The van der Waals surface area contributed by atoms with Gasteiger partial charge < -0.3 is 15.4 Å². The van der Waals surface area contributed by atoms with Gasteiger partial charge in [0.15, 0.2) is 0 Å². The van der Waals surface area contributed by atoms with Crippen molar-refractivity contribution in [2.75, 3.05) is 23.8 Å². The summed E-state index contributed by atoms with van der Waals surface area (Å²) >= 11 is 0. The van der Waals surface area contributed by atoms with Gasteiger partial charge in [-0.15, -0.1) is 0 Å². The number of carbonyl (C=O) groups excluding carboxylic acids is 1. The van der Waals surface area contributed by atoms with Gasteiger partial charge in [-0.1, -0.05) is 0 Å². The minimum absolute atomic E-state index is 0.0889. The Morgan fingerprint density at radius 1 is 1.32 bits per heavy atom. The van der Waals surface area contributed by atoms with Crippen LogP contribution in [0.3, 0.4) is 0 Å². The van der Waals surface area contributed by atoms with Crippen LogP contribution in [0, 0.1) is 18.6 Å². The molecule has 1 fully saturated rings. The molecule has 0 radical (unpaired) electrons. The Bertz CT molecular complexity index is 779. The molecule has 2 aromatic rings. The Balaban J connectivity index is 1.70. The lowest BCUT2D eigenvalue weighted by Crippen LogP contribution is -2.20. The van der Waals surface area contributed by atoms with Gasteiger partial charge in [-0.2, -0.15) is 0 Å². The van der Waals surface area contributed by atoms with Gasteiger partial charge in [-0.25, -0.2) is 18.7 Å². The van der Waals surface area contributed by atoms with Gasteiger partial charge in [-0.3, -0.25) is 4.79 Å². The second kappa shape index (κ2) is 7.52. The predicted octanol–water partition coefficient (Wildman–Crippen LogP) is 2.91. The first-order valence-electron chi connectivity index (χ1n) is 7.99. The average Bonchev–Trinajstić information content (AvgIpc) is 3.08. The molecule has 6 nitrogen and oxygen atoms in total. The fraction of sp³-hybridized carbons (Fsp3) is 0.353. The van der Waals surface area contributed by atoms with E-state index in [2.05, 4.69) is 20.6 Å². The zero-order valence-corrected chi connectivity index (χ0v) is 13.7. The molecule has 0 spiro atoms. The Hall–Kier alpha value is -2.61. The number of nitrogens with zero attached hydrogens (tertiary/aromatic N) is 2. The maximum Gasteiger partial charge on any atom is 0.274 e. The van der Waals surface area contributed by atoms with Gasteiger partial charge in [0.05, 0.1) is 11.8 Å². The molecule has 1 aliphatic heterocycles. The van der Waals surface area contributed by atoms with E-state index in [1.165, 1.54) is 6.07 Å². The molecular formula is C17H18F2N4O2. The molecule has 0 bridgehead atoms. The zero-order chi connectivity index (χ0) is 17.8. The first-order valence-corrected chi connectivity index (χ1v) is 7.99. The highest BCUT2D eigenvalue weighted by atomic mass is 19.1. The Labute approximate surface area is 143 Å². The molecule has 2 heterocycles. The van der Waals surface area contributed by atoms with Gasteiger partial charge in [-0.05, 0) is 31.9 Å². The summed E-state index contributed by atoms with van der Waals surface area (Å²) in [6, 6.07) is 4.42.